The van der Waals surface area contributed by atoms with Crippen LogP contribution in [0.3, 0.4) is 0 Å². The van der Waals surface area contributed by atoms with Crippen molar-refractivity contribution < 1.29 is 14.3 Å². The van der Waals surface area contributed by atoms with E-state index in [9.17, 15) is 4.79 Å². The molecule has 0 bridgehead atoms. The Kier molecular flexibility index (Phi) is 4.28. The maximum Gasteiger partial charge on any atom is 0.336 e. The number of aromatic nitrogens is 1. The second-order valence-electron chi connectivity index (χ2n) is 4.07. The predicted molar refractivity (Wildman–Crippen MR) is 74.1 cm³/mol. The van der Waals surface area contributed by atoms with E-state index in [2.05, 4.69) is 9.72 Å². The van der Waals surface area contributed by atoms with Crippen LogP contribution in [-0.4, -0.2) is 48.9 Å². The number of nitrogens with two attached hydrogens (primary N) is 1. The van der Waals surface area contributed by atoms with Gasteiger partial charge in [-0.1, -0.05) is 18.3 Å². The van der Waals surface area contributed by atoms with E-state index in [0.717, 1.165) is 5.82 Å². The average Bonchev–Trinajstić information content (AvgIpc) is 2.46. The number of ether oxygens (including phenoxy) is 2. The molecule has 1 aliphatic rings. The fourth-order valence-electron chi connectivity index (χ4n) is 1.87. The lowest BCUT2D eigenvalue weighted by Gasteiger charge is -2.32. The fraction of sp³-hybridized carbons (Fsp3) is 0.417. The van der Waals surface area contributed by atoms with Gasteiger partial charge in [-0.3, -0.25) is 0 Å². The van der Waals surface area contributed by atoms with E-state index in [1.807, 2.05) is 17.0 Å². The van der Waals surface area contributed by atoms with E-state index in [-0.39, 0.29) is 11.0 Å². The molecule has 0 amide bonds. The molecule has 1 fully saturated rings. The zero-order valence-electron chi connectivity index (χ0n) is 10.5. The number of hydrogen-bond donors (Lipinski definition) is 1. The number of anilines is 1. The lowest BCUT2D eigenvalue weighted by Crippen LogP contribution is -2.47. The summed E-state index contributed by atoms with van der Waals surface area (Å²) in [7, 11) is 1.34. The number of morpholine rings is 1. The summed E-state index contributed by atoms with van der Waals surface area (Å²) in [6, 6.07) is 5.44. The average molecular weight is 281 g/mol. The van der Waals surface area contributed by atoms with Crippen molar-refractivity contribution in [2.45, 2.75) is 6.10 Å². The molecule has 0 saturated carbocycles. The van der Waals surface area contributed by atoms with Gasteiger partial charge in [0.15, 0.2) is 6.10 Å². The molecule has 0 radical (unpaired) electrons. The summed E-state index contributed by atoms with van der Waals surface area (Å²) in [6.07, 6.45) is -0.589. The molecule has 2 N–H and O–H groups in total. The Morgan fingerprint density at radius 3 is 3.11 bits per heavy atom. The highest BCUT2D eigenvalue weighted by molar-refractivity contribution is 7.80. The summed E-state index contributed by atoms with van der Waals surface area (Å²) < 4.78 is 10.0. The lowest BCUT2D eigenvalue weighted by atomic mass is 10.2. The monoisotopic (exact) mass is 281 g/mol. The first-order chi connectivity index (χ1) is 9.11. The van der Waals surface area contributed by atoms with Crippen molar-refractivity contribution >= 4 is 29.0 Å². The van der Waals surface area contributed by atoms with E-state index in [4.69, 9.17) is 22.7 Å². The van der Waals surface area contributed by atoms with Crippen LogP contribution < -0.4 is 10.6 Å². The number of pyridine rings is 1. The maximum absolute atomic E-state index is 11.5. The number of thiocarbonyl (C=S) groups is 1. The molecule has 2 heterocycles. The van der Waals surface area contributed by atoms with Gasteiger partial charge in [0.2, 0.25) is 0 Å². The first-order valence-corrected chi connectivity index (χ1v) is 6.24. The lowest BCUT2D eigenvalue weighted by molar-refractivity contribution is -0.154. The maximum atomic E-state index is 11.5. The number of esters is 1. The number of nitrogens with zero attached hydrogens (tertiary/aromatic N) is 2. The van der Waals surface area contributed by atoms with E-state index in [0.29, 0.717) is 25.4 Å². The van der Waals surface area contributed by atoms with Crippen LogP contribution in [0.2, 0.25) is 0 Å². The van der Waals surface area contributed by atoms with Gasteiger partial charge in [-0.15, -0.1) is 0 Å². The van der Waals surface area contributed by atoms with Gasteiger partial charge in [0.05, 0.1) is 26.0 Å². The van der Waals surface area contributed by atoms with Crippen LogP contribution in [0.5, 0.6) is 0 Å². The van der Waals surface area contributed by atoms with Crippen molar-refractivity contribution in [3.63, 3.8) is 0 Å². The van der Waals surface area contributed by atoms with Crippen molar-refractivity contribution in [1.82, 2.24) is 4.98 Å². The first-order valence-electron chi connectivity index (χ1n) is 5.83. The standard InChI is InChI=1S/C12H15N3O3S/c1-17-12(16)9-7-15(5-6-18-9)10-4-2-3-8(14-10)11(13)19/h2-4,9H,5-7H2,1H3,(H2,13,19). The molecule has 1 aromatic heterocycles. The van der Waals surface area contributed by atoms with Gasteiger partial charge < -0.3 is 20.1 Å². The molecule has 1 saturated heterocycles. The van der Waals surface area contributed by atoms with Crippen molar-refractivity contribution in [2.24, 2.45) is 5.73 Å². The highest BCUT2D eigenvalue weighted by Gasteiger charge is 2.28. The van der Waals surface area contributed by atoms with Crippen molar-refractivity contribution in [1.29, 1.82) is 0 Å². The fourth-order valence-corrected chi connectivity index (χ4v) is 1.98. The third-order valence-electron chi connectivity index (χ3n) is 2.84. The SMILES string of the molecule is COC(=O)C1CN(c2cccc(C(N)=S)n2)CCO1. The predicted octanol–water partition coefficient (Wildman–Crippen LogP) is 0.0940. The number of carbonyl (C=O) groups is 1. The topological polar surface area (TPSA) is 77.7 Å². The quantitative estimate of drug-likeness (QED) is 0.621. The summed E-state index contributed by atoms with van der Waals surface area (Å²) in [5.41, 5.74) is 6.12. The molecule has 1 unspecified atom stereocenters. The molecule has 19 heavy (non-hydrogen) atoms. The Hall–Kier alpha value is -1.73. The van der Waals surface area contributed by atoms with Crippen molar-refractivity contribution in [2.75, 3.05) is 31.7 Å². The van der Waals surface area contributed by atoms with Crippen LogP contribution in [0, 0.1) is 0 Å². The van der Waals surface area contributed by atoms with Gasteiger partial charge in [-0.05, 0) is 12.1 Å². The summed E-state index contributed by atoms with van der Waals surface area (Å²) in [6.45, 7) is 1.50. The second-order valence-corrected chi connectivity index (χ2v) is 4.51. The molecule has 0 aromatic carbocycles. The van der Waals surface area contributed by atoms with Gasteiger partial charge in [-0.25, -0.2) is 9.78 Å². The summed E-state index contributed by atoms with van der Waals surface area (Å²) in [5, 5.41) is 0. The van der Waals surface area contributed by atoms with E-state index in [1.54, 1.807) is 6.07 Å². The molecule has 7 heteroatoms. The van der Waals surface area contributed by atoms with E-state index in [1.165, 1.54) is 7.11 Å². The smallest absolute Gasteiger partial charge is 0.336 e. The molecule has 1 atom stereocenters. The highest BCUT2D eigenvalue weighted by Crippen LogP contribution is 2.16. The summed E-state index contributed by atoms with van der Waals surface area (Å²) >= 11 is 4.90. The Balaban J connectivity index is 2.15. The summed E-state index contributed by atoms with van der Waals surface area (Å²) in [5.74, 6) is 0.345. The third kappa shape index (κ3) is 3.18. The zero-order chi connectivity index (χ0) is 13.8. The Bertz CT molecular complexity index is 495. The minimum atomic E-state index is -0.589. The van der Waals surface area contributed by atoms with Crippen LogP contribution in [0.25, 0.3) is 0 Å². The van der Waals surface area contributed by atoms with Crippen LogP contribution in [0.4, 0.5) is 5.82 Å². The van der Waals surface area contributed by atoms with Crippen molar-refractivity contribution in [3.05, 3.63) is 23.9 Å². The van der Waals surface area contributed by atoms with Gasteiger partial charge >= 0.3 is 5.97 Å². The largest absolute Gasteiger partial charge is 0.467 e. The van der Waals surface area contributed by atoms with Gasteiger partial charge in [0.25, 0.3) is 0 Å². The van der Waals surface area contributed by atoms with Gasteiger partial charge in [0, 0.05) is 6.54 Å². The van der Waals surface area contributed by atoms with Gasteiger partial charge in [-0.2, -0.15) is 0 Å². The molecule has 1 aromatic rings. The highest BCUT2D eigenvalue weighted by atomic mass is 32.1. The first kappa shape index (κ1) is 13.7. The second kappa shape index (κ2) is 5.94. The van der Waals surface area contributed by atoms with Crippen LogP contribution in [0.15, 0.2) is 18.2 Å². The molecule has 2 rings (SSSR count). The molecule has 0 spiro atoms. The molecule has 0 aliphatic carbocycles. The number of hydrogen-bond acceptors (Lipinski definition) is 6. The third-order valence-corrected chi connectivity index (χ3v) is 3.05. The number of rotatable bonds is 3. The number of methoxy groups -OCH3 is 1. The van der Waals surface area contributed by atoms with Crippen LogP contribution >= 0.6 is 12.2 Å². The minimum Gasteiger partial charge on any atom is -0.467 e. The molecule has 102 valence electrons. The minimum absolute atomic E-state index is 0.250. The summed E-state index contributed by atoms with van der Waals surface area (Å²) in [4.78, 5) is 18.1. The zero-order valence-corrected chi connectivity index (χ0v) is 11.4. The Labute approximate surface area is 116 Å². The number of carbonyl (C=O) groups excluding carboxylic acids is 1. The normalized spacial score (nSPS) is 19.0. The molecular weight excluding hydrogens is 266 g/mol. The van der Waals surface area contributed by atoms with Gasteiger partial charge in [0.1, 0.15) is 10.8 Å². The molecular formula is C12H15N3O3S. The molecule has 6 nitrogen and oxygen atoms in total. The van der Waals surface area contributed by atoms with E-state index >= 15 is 0 Å². The van der Waals surface area contributed by atoms with Crippen LogP contribution in [0.1, 0.15) is 5.69 Å². The van der Waals surface area contributed by atoms with E-state index < -0.39 is 6.10 Å². The molecule has 1 aliphatic heterocycles. The van der Waals surface area contributed by atoms with Crippen molar-refractivity contribution in [3.8, 4) is 0 Å². The Morgan fingerprint density at radius 2 is 2.42 bits per heavy atom. The van der Waals surface area contributed by atoms with Crippen LogP contribution in [-0.2, 0) is 14.3 Å². The Morgan fingerprint density at radius 1 is 1.63 bits per heavy atom.